The number of fused-ring (bicyclic) bond motifs is 1. The van der Waals surface area contributed by atoms with Gasteiger partial charge in [0.1, 0.15) is 0 Å². The molecule has 0 aromatic heterocycles. The topological polar surface area (TPSA) is 85.3 Å². The van der Waals surface area contributed by atoms with Crippen LogP contribution in [0.25, 0.3) is 0 Å². The van der Waals surface area contributed by atoms with Crippen molar-refractivity contribution in [1.29, 1.82) is 0 Å². The molecule has 0 spiro atoms. The summed E-state index contributed by atoms with van der Waals surface area (Å²) in [6.45, 7) is 5.37. The summed E-state index contributed by atoms with van der Waals surface area (Å²) in [7, 11) is 1.60. The van der Waals surface area contributed by atoms with Crippen molar-refractivity contribution in [2.75, 3.05) is 26.7 Å². The fraction of sp³-hybridized carbons (Fsp3) is 0.444. The SMILES string of the molecule is CCN(CC)C1=NC2C(C(=O)NC(=O)N2C)N1CC(=O)c1ccccc1. The van der Waals surface area contributed by atoms with Gasteiger partial charge in [0, 0.05) is 25.7 Å². The molecule has 1 aromatic rings. The molecular formula is C18H23N5O3. The van der Waals surface area contributed by atoms with Gasteiger partial charge >= 0.3 is 6.03 Å². The van der Waals surface area contributed by atoms with Gasteiger partial charge in [-0.05, 0) is 13.8 Å². The number of nitrogens with zero attached hydrogens (tertiary/aromatic N) is 4. The summed E-state index contributed by atoms with van der Waals surface area (Å²) < 4.78 is 0. The summed E-state index contributed by atoms with van der Waals surface area (Å²) in [6.07, 6.45) is -0.629. The number of nitrogens with one attached hydrogen (secondary N) is 1. The van der Waals surface area contributed by atoms with Crippen LogP contribution in [-0.2, 0) is 4.79 Å². The maximum absolute atomic E-state index is 12.7. The monoisotopic (exact) mass is 357 g/mol. The fourth-order valence-electron chi connectivity index (χ4n) is 3.32. The standard InChI is InChI=1S/C18H23N5O3/c1-4-22(5-2)17-19-15-14(16(25)20-18(26)21(15)3)23(17)11-13(24)12-9-7-6-8-10-12/h6-10,14-15H,4-5,11H2,1-3H3,(H,20,25,26). The van der Waals surface area contributed by atoms with E-state index in [1.54, 1.807) is 36.2 Å². The normalized spacial score (nSPS) is 22.0. The van der Waals surface area contributed by atoms with Gasteiger partial charge in [-0.25, -0.2) is 9.79 Å². The average Bonchev–Trinajstić information content (AvgIpc) is 3.01. The average molecular weight is 357 g/mol. The quantitative estimate of drug-likeness (QED) is 0.787. The number of imide groups is 1. The first-order valence-corrected chi connectivity index (χ1v) is 8.73. The van der Waals surface area contributed by atoms with Crippen molar-refractivity contribution in [2.24, 2.45) is 4.99 Å². The Morgan fingerprint density at radius 3 is 2.46 bits per heavy atom. The molecule has 2 atom stereocenters. The molecule has 0 saturated carbocycles. The van der Waals surface area contributed by atoms with E-state index in [9.17, 15) is 14.4 Å². The highest BCUT2D eigenvalue weighted by Crippen LogP contribution is 2.25. The van der Waals surface area contributed by atoms with E-state index in [0.717, 1.165) is 0 Å². The molecule has 26 heavy (non-hydrogen) atoms. The number of aliphatic imine (C=N–C) groups is 1. The number of Topliss-reactive ketones (excluding diaryl/α,β-unsaturated/α-hetero) is 1. The van der Waals surface area contributed by atoms with Crippen LogP contribution in [-0.4, -0.2) is 77.3 Å². The summed E-state index contributed by atoms with van der Waals surface area (Å²) in [5.41, 5.74) is 0.579. The lowest BCUT2D eigenvalue weighted by Gasteiger charge is -2.37. The van der Waals surface area contributed by atoms with Crippen LogP contribution in [0.2, 0.25) is 0 Å². The number of hydrogen-bond donors (Lipinski definition) is 1. The number of guanidine groups is 1. The summed E-state index contributed by atoms with van der Waals surface area (Å²) in [4.78, 5) is 46.9. The second-order valence-electron chi connectivity index (χ2n) is 6.28. The molecule has 3 rings (SSSR count). The van der Waals surface area contributed by atoms with Crippen LogP contribution in [0.1, 0.15) is 24.2 Å². The van der Waals surface area contributed by atoms with Crippen LogP contribution in [0.5, 0.6) is 0 Å². The van der Waals surface area contributed by atoms with E-state index in [0.29, 0.717) is 24.6 Å². The Balaban J connectivity index is 1.94. The predicted octanol–water partition coefficient (Wildman–Crippen LogP) is 0.759. The van der Waals surface area contributed by atoms with Gasteiger partial charge in [-0.3, -0.25) is 14.9 Å². The Bertz CT molecular complexity index is 744. The minimum atomic E-state index is -0.707. The summed E-state index contributed by atoms with van der Waals surface area (Å²) in [5.74, 6) is 0.0503. The number of carbonyl (C=O) groups excluding carboxylic acids is 3. The third-order valence-electron chi connectivity index (χ3n) is 4.79. The zero-order valence-electron chi connectivity index (χ0n) is 15.2. The van der Waals surface area contributed by atoms with Crippen molar-refractivity contribution >= 4 is 23.7 Å². The molecule has 1 aromatic carbocycles. The molecule has 0 aliphatic carbocycles. The van der Waals surface area contributed by atoms with Crippen molar-refractivity contribution in [3.8, 4) is 0 Å². The molecule has 2 heterocycles. The first-order chi connectivity index (χ1) is 12.5. The smallest absolute Gasteiger partial charge is 0.325 e. The molecule has 2 unspecified atom stereocenters. The molecule has 1 N–H and O–H groups in total. The summed E-state index contributed by atoms with van der Waals surface area (Å²) in [6, 6.07) is 7.77. The van der Waals surface area contributed by atoms with Crippen LogP contribution in [0.15, 0.2) is 35.3 Å². The van der Waals surface area contributed by atoms with E-state index < -0.39 is 24.1 Å². The number of amides is 3. The minimum absolute atomic E-state index is 0.0238. The van der Waals surface area contributed by atoms with Gasteiger partial charge in [-0.2, -0.15) is 0 Å². The molecule has 8 heteroatoms. The lowest BCUT2D eigenvalue weighted by molar-refractivity contribution is -0.127. The molecule has 1 fully saturated rings. The predicted molar refractivity (Wildman–Crippen MR) is 96.7 cm³/mol. The number of urea groups is 1. The van der Waals surface area contributed by atoms with Gasteiger partial charge in [0.05, 0.1) is 6.54 Å². The van der Waals surface area contributed by atoms with E-state index >= 15 is 0 Å². The van der Waals surface area contributed by atoms with Crippen molar-refractivity contribution in [3.63, 3.8) is 0 Å². The van der Waals surface area contributed by atoms with E-state index in [4.69, 9.17) is 0 Å². The lowest BCUT2D eigenvalue weighted by Crippen LogP contribution is -2.64. The molecule has 0 bridgehead atoms. The van der Waals surface area contributed by atoms with Gasteiger partial charge in [0.15, 0.2) is 24.0 Å². The fourth-order valence-corrected chi connectivity index (χ4v) is 3.32. The Labute approximate surface area is 152 Å². The zero-order valence-corrected chi connectivity index (χ0v) is 15.2. The molecule has 2 aliphatic rings. The van der Waals surface area contributed by atoms with Crippen LogP contribution in [0.3, 0.4) is 0 Å². The molecule has 138 valence electrons. The molecule has 0 radical (unpaired) electrons. The molecule has 2 aliphatic heterocycles. The number of likely N-dealkylation sites (N-methyl/N-ethyl adjacent to an activating group) is 1. The highest BCUT2D eigenvalue weighted by atomic mass is 16.2. The van der Waals surface area contributed by atoms with Crippen LogP contribution >= 0.6 is 0 Å². The van der Waals surface area contributed by atoms with E-state index in [2.05, 4.69) is 10.3 Å². The Hall–Kier alpha value is -2.90. The molecule has 8 nitrogen and oxygen atoms in total. The number of benzene rings is 1. The molecule has 3 amide bonds. The van der Waals surface area contributed by atoms with Gasteiger partial charge in [0.2, 0.25) is 0 Å². The van der Waals surface area contributed by atoms with Crippen LogP contribution < -0.4 is 5.32 Å². The third kappa shape index (κ3) is 3.02. The Morgan fingerprint density at radius 1 is 1.19 bits per heavy atom. The summed E-state index contributed by atoms with van der Waals surface area (Å²) in [5, 5.41) is 2.34. The number of hydrogen-bond acceptors (Lipinski definition) is 6. The second kappa shape index (κ2) is 7.15. The van der Waals surface area contributed by atoms with Crippen molar-refractivity contribution in [1.82, 2.24) is 20.0 Å². The number of rotatable bonds is 5. The minimum Gasteiger partial charge on any atom is -0.343 e. The van der Waals surface area contributed by atoms with Crippen LogP contribution in [0.4, 0.5) is 4.79 Å². The maximum Gasteiger partial charge on any atom is 0.325 e. The third-order valence-corrected chi connectivity index (χ3v) is 4.79. The van der Waals surface area contributed by atoms with Gasteiger partial charge < -0.3 is 14.7 Å². The van der Waals surface area contributed by atoms with Crippen molar-refractivity contribution in [2.45, 2.75) is 26.1 Å². The molecular weight excluding hydrogens is 334 g/mol. The largest absolute Gasteiger partial charge is 0.343 e. The highest BCUT2D eigenvalue weighted by Gasteiger charge is 2.49. The maximum atomic E-state index is 12.7. The summed E-state index contributed by atoms with van der Waals surface area (Å²) >= 11 is 0. The van der Waals surface area contributed by atoms with E-state index in [1.807, 2.05) is 24.8 Å². The van der Waals surface area contributed by atoms with Crippen molar-refractivity contribution in [3.05, 3.63) is 35.9 Å². The van der Waals surface area contributed by atoms with Crippen LogP contribution in [0, 0.1) is 0 Å². The van der Waals surface area contributed by atoms with E-state index in [-0.39, 0.29) is 12.3 Å². The van der Waals surface area contributed by atoms with Gasteiger partial charge in [-0.15, -0.1) is 0 Å². The van der Waals surface area contributed by atoms with Gasteiger partial charge in [-0.1, -0.05) is 30.3 Å². The second-order valence-corrected chi connectivity index (χ2v) is 6.28. The molecule has 1 saturated heterocycles. The Morgan fingerprint density at radius 2 is 1.85 bits per heavy atom. The zero-order chi connectivity index (χ0) is 18.8. The lowest BCUT2D eigenvalue weighted by atomic mass is 10.1. The number of ketones is 1. The van der Waals surface area contributed by atoms with Gasteiger partial charge in [0.25, 0.3) is 5.91 Å². The van der Waals surface area contributed by atoms with Crippen molar-refractivity contribution < 1.29 is 14.4 Å². The van der Waals surface area contributed by atoms with E-state index in [1.165, 1.54) is 4.90 Å². The highest BCUT2D eigenvalue weighted by molar-refractivity contribution is 6.06. The first kappa shape index (κ1) is 17.9. The first-order valence-electron chi connectivity index (χ1n) is 8.73. The number of carbonyl (C=O) groups is 3. The Kier molecular flexibility index (Phi) is 4.92.